The van der Waals surface area contributed by atoms with Crippen molar-refractivity contribution in [1.82, 2.24) is 0 Å². The van der Waals surface area contributed by atoms with E-state index in [1.54, 1.807) is 12.3 Å². The molecule has 0 fully saturated rings. The Balaban J connectivity index is 2.19. The fourth-order valence-corrected chi connectivity index (χ4v) is 2.11. The Morgan fingerprint density at radius 1 is 1.35 bits per heavy atom. The SMILES string of the molecule is Cc1cc(NC(C)Cc2ccco2)c([N+](=O)[O-])cc1C. The number of nitro groups is 1. The Morgan fingerprint density at radius 3 is 2.65 bits per heavy atom. The molecule has 106 valence electrons. The molecule has 1 unspecified atom stereocenters. The lowest BCUT2D eigenvalue weighted by atomic mass is 10.1. The molecule has 1 atom stereocenters. The molecule has 0 bridgehead atoms. The van der Waals surface area contributed by atoms with Gasteiger partial charge in [-0.15, -0.1) is 0 Å². The molecule has 0 spiro atoms. The molecule has 1 aromatic carbocycles. The van der Waals surface area contributed by atoms with Crippen LogP contribution in [0.4, 0.5) is 11.4 Å². The molecule has 1 aromatic heterocycles. The van der Waals surface area contributed by atoms with Crippen LogP contribution >= 0.6 is 0 Å². The number of nitrogens with zero attached hydrogens (tertiary/aromatic N) is 1. The molecule has 0 aliphatic carbocycles. The second kappa shape index (κ2) is 5.77. The largest absolute Gasteiger partial charge is 0.469 e. The van der Waals surface area contributed by atoms with Crippen LogP contribution in [0.15, 0.2) is 34.9 Å². The number of rotatable bonds is 5. The standard InChI is InChI=1S/C15H18N2O3/c1-10-7-14(15(17(18)19)8-11(10)2)16-12(3)9-13-5-4-6-20-13/h4-8,12,16H,9H2,1-3H3. The molecular formula is C15H18N2O3. The van der Waals surface area contributed by atoms with E-state index in [9.17, 15) is 10.1 Å². The zero-order chi connectivity index (χ0) is 14.7. The zero-order valence-corrected chi connectivity index (χ0v) is 11.8. The quantitative estimate of drug-likeness (QED) is 0.664. The summed E-state index contributed by atoms with van der Waals surface area (Å²) in [5.74, 6) is 0.858. The van der Waals surface area contributed by atoms with E-state index in [0.717, 1.165) is 16.9 Å². The van der Waals surface area contributed by atoms with E-state index in [0.29, 0.717) is 12.1 Å². The van der Waals surface area contributed by atoms with E-state index in [1.165, 1.54) is 0 Å². The molecule has 2 rings (SSSR count). The third kappa shape index (κ3) is 3.17. The van der Waals surface area contributed by atoms with Gasteiger partial charge >= 0.3 is 0 Å². The molecule has 1 N–H and O–H groups in total. The van der Waals surface area contributed by atoms with Gasteiger partial charge in [-0.1, -0.05) is 0 Å². The fourth-order valence-electron chi connectivity index (χ4n) is 2.11. The third-order valence-corrected chi connectivity index (χ3v) is 3.30. The maximum atomic E-state index is 11.1. The Morgan fingerprint density at radius 2 is 2.05 bits per heavy atom. The van der Waals surface area contributed by atoms with Gasteiger partial charge in [0.2, 0.25) is 0 Å². The van der Waals surface area contributed by atoms with Gasteiger partial charge in [0, 0.05) is 18.5 Å². The highest BCUT2D eigenvalue weighted by atomic mass is 16.6. The first-order chi connectivity index (χ1) is 9.47. The summed E-state index contributed by atoms with van der Waals surface area (Å²) in [5.41, 5.74) is 2.61. The number of hydrogen-bond acceptors (Lipinski definition) is 4. The number of furan rings is 1. The van der Waals surface area contributed by atoms with Crippen LogP contribution in [0.2, 0.25) is 0 Å². The first kappa shape index (κ1) is 14.1. The summed E-state index contributed by atoms with van der Waals surface area (Å²) in [6.45, 7) is 5.79. The van der Waals surface area contributed by atoms with Crippen LogP contribution in [0.1, 0.15) is 23.8 Å². The topological polar surface area (TPSA) is 68.3 Å². The van der Waals surface area contributed by atoms with Crippen molar-refractivity contribution in [1.29, 1.82) is 0 Å². The zero-order valence-electron chi connectivity index (χ0n) is 11.8. The van der Waals surface area contributed by atoms with Gasteiger partial charge in [0.15, 0.2) is 0 Å². The van der Waals surface area contributed by atoms with E-state index in [-0.39, 0.29) is 16.7 Å². The highest BCUT2D eigenvalue weighted by molar-refractivity contribution is 5.64. The molecule has 0 saturated heterocycles. The number of aryl methyl sites for hydroxylation is 2. The predicted molar refractivity (Wildman–Crippen MR) is 78.1 cm³/mol. The Labute approximate surface area is 117 Å². The first-order valence-corrected chi connectivity index (χ1v) is 6.52. The summed E-state index contributed by atoms with van der Waals surface area (Å²) in [4.78, 5) is 10.8. The summed E-state index contributed by atoms with van der Waals surface area (Å²) >= 11 is 0. The minimum absolute atomic E-state index is 0.0435. The molecule has 0 radical (unpaired) electrons. The number of nitrogens with one attached hydrogen (secondary N) is 1. The van der Waals surface area contributed by atoms with Crippen LogP contribution < -0.4 is 5.32 Å². The van der Waals surface area contributed by atoms with Gasteiger partial charge in [0.25, 0.3) is 5.69 Å². The van der Waals surface area contributed by atoms with Crippen molar-refractivity contribution in [3.05, 3.63) is 57.5 Å². The minimum Gasteiger partial charge on any atom is -0.469 e. The Kier molecular flexibility index (Phi) is 4.08. The van der Waals surface area contributed by atoms with Gasteiger partial charge in [-0.2, -0.15) is 0 Å². The van der Waals surface area contributed by atoms with Gasteiger partial charge in [0.05, 0.1) is 11.2 Å². The third-order valence-electron chi connectivity index (χ3n) is 3.30. The summed E-state index contributed by atoms with van der Waals surface area (Å²) < 4.78 is 5.29. The minimum atomic E-state index is -0.353. The predicted octanol–water partition coefficient (Wildman–Crippen LogP) is 3.85. The lowest BCUT2D eigenvalue weighted by Gasteiger charge is -2.15. The average molecular weight is 274 g/mol. The molecule has 0 saturated carbocycles. The summed E-state index contributed by atoms with van der Waals surface area (Å²) in [5, 5.41) is 14.3. The lowest BCUT2D eigenvalue weighted by molar-refractivity contribution is -0.384. The molecular weight excluding hydrogens is 256 g/mol. The van der Waals surface area contributed by atoms with Crippen molar-refractivity contribution >= 4 is 11.4 Å². The smallest absolute Gasteiger partial charge is 0.292 e. The molecule has 0 aliphatic heterocycles. The van der Waals surface area contributed by atoms with Gasteiger partial charge < -0.3 is 9.73 Å². The number of hydrogen-bond donors (Lipinski definition) is 1. The van der Waals surface area contributed by atoms with Crippen molar-refractivity contribution in [2.45, 2.75) is 33.2 Å². The number of nitro benzene ring substituents is 1. The van der Waals surface area contributed by atoms with Crippen molar-refractivity contribution in [3.63, 3.8) is 0 Å². The lowest BCUT2D eigenvalue weighted by Crippen LogP contribution is -2.18. The first-order valence-electron chi connectivity index (χ1n) is 6.52. The number of benzene rings is 1. The Bertz CT molecular complexity index is 606. The second-order valence-corrected chi connectivity index (χ2v) is 5.04. The summed E-state index contributed by atoms with van der Waals surface area (Å²) in [7, 11) is 0. The molecule has 2 aromatic rings. The van der Waals surface area contributed by atoms with Crippen LogP contribution in [0.25, 0.3) is 0 Å². The summed E-state index contributed by atoms with van der Waals surface area (Å²) in [6, 6.07) is 7.21. The molecule has 20 heavy (non-hydrogen) atoms. The van der Waals surface area contributed by atoms with Crippen molar-refractivity contribution in [2.75, 3.05) is 5.32 Å². The second-order valence-electron chi connectivity index (χ2n) is 5.04. The monoisotopic (exact) mass is 274 g/mol. The molecule has 5 nitrogen and oxygen atoms in total. The van der Waals surface area contributed by atoms with Gasteiger partial charge in [-0.3, -0.25) is 10.1 Å². The maximum Gasteiger partial charge on any atom is 0.292 e. The van der Waals surface area contributed by atoms with Gasteiger partial charge in [0.1, 0.15) is 11.4 Å². The van der Waals surface area contributed by atoms with Crippen LogP contribution in [0.3, 0.4) is 0 Å². The average Bonchev–Trinajstić information content (AvgIpc) is 2.85. The normalized spacial score (nSPS) is 12.2. The van der Waals surface area contributed by atoms with Crippen LogP contribution in [-0.4, -0.2) is 11.0 Å². The van der Waals surface area contributed by atoms with Crippen LogP contribution in [0, 0.1) is 24.0 Å². The molecule has 0 amide bonds. The van der Waals surface area contributed by atoms with Crippen molar-refractivity contribution in [3.8, 4) is 0 Å². The van der Waals surface area contributed by atoms with Crippen LogP contribution in [0.5, 0.6) is 0 Å². The van der Waals surface area contributed by atoms with E-state index in [1.807, 2.05) is 39.0 Å². The fraction of sp³-hybridized carbons (Fsp3) is 0.333. The van der Waals surface area contributed by atoms with Gasteiger partial charge in [-0.05, 0) is 50.1 Å². The van der Waals surface area contributed by atoms with E-state index >= 15 is 0 Å². The number of anilines is 1. The Hall–Kier alpha value is -2.30. The summed E-state index contributed by atoms with van der Waals surface area (Å²) in [6.07, 6.45) is 2.30. The molecule has 5 heteroatoms. The van der Waals surface area contributed by atoms with E-state index < -0.39 is 0 Å². The van der Waals surface area contributed by atoms with Crippen molar-refractivity contribution < 1.29 is 9.34 Å². The highest BCUT2D eigenvalue weighted by Gasteiger charge is 2.17. The van der Waals surface area contributed by atoms with E-state index in [2.05, 4.69) is 5.32 Å². The molecule has 0 aliphatic rings. The molecule has 1 heterocycles. The van der Waals surface area contributed by atoms with Gasteiger partial charge in [-0.25, -0.2) is 0 Å². The van der Waals surface area contributed by atoms with E-state index in [4.69, 9.17) is 4.42 Å². The maximum absolute atomic E-state index is 11.1. The highest BCUT2D eigenvalue weighted by Crippen LogP contribution is 2.28. The van der Waals surface area contributed by atoms with Crippen molar-refractivity contribution in [2.24, 2.45) is 0 Å². The van der Waals surface area contributed by atoms with Crippen LogP contribution in [-0.2, 0) is 6.42 Å².